The Hall–Kier alpha value is -0.170. The van der Waals surface area contributed by atoms with Gasteiger partial charge < -0.3 is 9.84 Å². The van der Waals surface area contributed by atoms with Gasteiger partial charge in [-0.1, -0.05) is 0 Å². The van der Waals surface area contributed by atoms with E-state index in [9.17, 15) is 8.42 Å². The zero-order chi connectivity index (χ0) is 11.8. The summed E-state index contributed by atoms with van der Waals surface area (Å²) in [6.07, 6.45) is 2.91. The van der Waals surface area contributed by atoms with E-state index >= 15 is 0 Å². The quantitative estimate of drug-likeness (QED) is 0.761. The van der Waals surface area contributed by atoms with Gasteiger partial charge in [-0.05, 0) is 26.2 Å². The summed E-state index contributed by atoms with van der Waals surface area (Å²) in [5.41, 5.74) is 0. The third kappa shape index (κ3) is 1.99. The molecule has 0 aromatic rings. The number of aliphatic hydroxyl groups excluding tert-OH is 1. The Bertz CT molecular complexity index is 343. The molecule has 0 aromatic carbocycles. The Labute approximate surface area is 96.4 Å². The van der Waals surface area contributed by atoms with Gasteiger partial charge in [0, 0.05) is 6.54 Å². The molecule has 94 valence electrons. The largest absolute Gasteiger partial charge is 0.395 e. The monoisotopic (exact) mass is 249 g/mol. The molecule has 1 heterocycles. The van der Waals surface area contributed by atoms with Crippen LogP contribution < -0.4 is 0 Å². The van der Waals surface area contributed by atoms with Crippen molar-refractivity contribution in [2.24, 2.45) is 0 Å². The topological polar surface area (TPSA) is 66.8 Å². The van der Waals surface area contributed by atoms with Crippen molar-refractivity contribution in [3.8, 4) is 0 Å². The van der Waals surface area contributed by atoms with Gasteiger partial charge in [0.15, 0.2) is 0 Å². The summed E-state index contributed by atoms with van der Waals surface area (Å²) in [6, 6.07) is -0.00671. The first-order valence-electron chi connectivity index (χ1n) is 5.80. The number of hydrogen-bond donors (Lipinski definition) is 1. The number of fused-ring (bicyclic) bond motifs is 1. The van der Waals surface area contributed by atoms with Crippen molar-refractivity contribution in [1.29, 1.82) is 0 Å². The predicted molar refractivity (Wildman–Crippen MR) is 59.6 cm³/mol. The van der Waals surface area contributed by atoms with Crippen LogP contribution in [0.1, 0.15) is 26.2 Å². The highest BCUT2D eigenvalue weighted by Crippen LogP contribution is 2.32. The molecule has 1 saturated heterocycles. The van der Waals surface area contributed by atoms with Gasteiger partial charge in [-0.3, -0.25) is 0 Å². The van der Waals surface area contributed by atoms with Gasteiger partial charge in [0.1, 0.15) is 0 Å². The maximum Gasteiger partial charge on any atom is 0.219 e. The maximum atomic E-state index is 12.2. The molecule has 2 aliphatic rings. The Morgan fingerprint density at radius 3 is 2.94 bits per heavy atom. The summed E-state index contributed by atoms with van der Waals surface area (Å²) in [5, 5.41) is 8.29. The summed E-state index contributed by atoms with van der Waals surface area (Å²) in [7, 11) is -3.36. The molecule has 16 heavy (non-hydrogen) atoms. The van der Waals surface area contributed by atoms with Crippen LogP contribution in [-0.4, -0.2) is 55.0 Å². The van der Waals surface area contributed by atoms with Crippen LogP contribution in [0, 0.1) is 0 Å². The molecule has 0 aromatic heterocycles. The fraction of sp³-hybridized carbons (Fsp3) is 1.00. The lowest BCUT2D eigenvalue weighted by molar-refractivity contribution is -0.0246. The molecule has 3 atom stereocenters. The zero-order valence-electron chi connectivity index (χ0n) is 9.50. The van der Waals surface area contributed by atoms with E-state index in [1.165, 1.54) is 0 Å². The average molecular weight is 249 g/mol. The SMILES string of the molecule is CC(CO)S(=O)(=O)N1CCOC2CCCC21. The van der Waals surface area contributed by atoms with Crippen molar-refractivity contribution >= 4 is 10.0 Å². The van der Waals surface area contributed by atoms with Gasteiger partial charge >= 0.3 is 0 Å². The minimum absolute atomic E-state index is 0.00671. The van der Waals surface area contributed by atoms with E-state index < -0.39 is 15.3 Å². The Morgan fingerprint density at radius 2 is 2.25 bits per heavy atom. The number of nitrogens with zero attached hydrogens (tertiary/aromatic N) is 1. The summed E-state index contributed by atoms with van der Waals surface area (Å²) < 4.78 is 31.5. The van der Waals surface area contributed by atoms with E-state index in [2.05, 4.69) is 0 Å². The van der Waals surface area contributed by atoms with E-state index in [-0.39, 0.29) is 18.8 Å². The number of ether oxygens (including phenoxy) is 1. The summed E-state index contributed by atoms with van der Waals surface area (Å²) in [5.74, 6) is 0. The standard InChI is InChI=1S/C10H19NO4S/c1-8(7-12)16(13,14)11-5-6-15-10-4-2-3-9(10)11/h8-10,12H,2-7H2,1H3. The Kier molecular flexibility index (Phi) is 3.53. The highest BCUT2D eigenvalue weighted by Gasteiger charge is 2.43. The molecule has 1 aliphatic carbocycles. The van der Waals surface area contributed by atoms with Crippen molar-refractivity contribution in [1.82, 2.24) is 4.31 Å². The number of aliphatic hydroxyl groups is 1. The van der Waals surface area contributed by atoms with Gasteiger partial charge in [-0.15, -0.1) is 0 Å². The molecule has 0 spiro atoms. The van der Waals surface area contributed by atoms with Gasteiger partial charge in [-0.25, -0.2) is 8.42 Å². The molecule has 1 N–H and O–H groups in total. The number of hydrogen-bond acceptors (Lipinski definition) is 4. The van der Waals surface area contributed by atoms with Crippen LogP contribution in [0.3, 0.4) is 0 Å². The van der Waals surface area contributed by atoms with Crippen LogP contribution in [0.25, 0.3) is 0 Å². The Morgan fingerprint density at radius 1 is 1.50 bits per heavy atom. The first-order chi connectivity index (χ1) is 7.57. The van der Waals surface area contributed by atoms with Crippen LogP contribution in [-0.2, 0) is 14.8 Å². The van der Waals surface area contributed by atoms with Gasteiger partial charge in [0.25, 0.3) is 0 Å². The highest BCUT2D eigenvalue weighted by molar-refractivity contribution is 7.89. The highest BCUT2D eigenvalue weighted by atomic mass is 32.2. The molecule has 3 unspecified atom stereocenters. The molecular weight excluding hydrogens is 230 g/mol. The van der Waals surface area contributed by atoms with Gasteiger partial charge in [0.2, 0.25) is 10.0 Å². The summed E-state index contributed by atoms with van der Waals surface area (Å²) >= 11 is 0. The molecule has 2 rings (SSSR count). The molecule has 1 saturated carbocycles. The zero-order valence-corrected chi connectivity index (χ0v) is 10.3. The fourth-order valence-electron chi connectivity index (χ4n) is 2.53. The van der Waals surface area contributed by atoms with Crippen molar-refractivity contribution in [2.45, 2.75) is 43.6 Å². The van der Waals surface area contributed by atoms with E-state index in [0.29, 0.717) is 13.2 Å². The normalized spacial score (nSPS) is 33.6. The van der Waals surface area contributed by atoms with Crippen molar-refractivity contribution in [2.75, 3.05) is 19.8 Å². The second-order valence-corrected chi connectivity index (χ2v) is 6.86. The second kappa shape index (κ2) is 4.60. The summed E-state index contributed by atoms with van der Waals surface area (Å²) in [4.78, 5) is 0. The maximum absolute atomic E-state index is 12.2. The van der Waals surface area contributed by atoms with E-state index in [1.54, 1.807) is 11.2 Å². The minimum atomic E-state index is -3.36. The van der Waals surface area contributed by atoms with Crippen molar-refractivity contribution in [3.05, 3.63) is 0 Å². The van der Waals surface area contributed by atoms with Gasteiger partial charge in [-0.2, -0.15) is 4.31 Å². The minimum Gasteiger partial charge on any atom is -0.395 e. The molecule has 2 fully saturated rings. The third-order valence-corrected chi connectivity index (χ3v) is 5.80. The second-order valence-electron chi connectivity index (χ2n) is 4.56. The van der Waals surface area contributed by atoms with Crippen molar-refractivity contribution in [3.63, 3.8) is 0 Å². The third-order valence-electron chi connectivity index (χ3n) is 3.52. The number of morpholine rings is 1. The Balaban J connectivity index is 2.19. The lowest BCUT2D eigenvalue weighted by atomic mass is 10.2. The van der Waals surface area contributed by atoms with Gasteiger partial charge in [0.05, 0.1) is 30.6 Å². The molecule has 0 bridgehead atoms. The molecule has 1 aliphatic heterocycles. The smallest absolute Gasteiger partial charge is 0.219 e. The molecule has 0 radical (unpaired) electrons. The average Bonchev–Trinajstić information content (AvgIpc) is 2.75. The first-order valence-corrected chi connectivity index (χ1v) is 7.31. The van der Waals surface area contributed by atoms with Crippen LogP contribution in [0.5, 0.6) is 0 Å². The van der Waals surface area contributed by atoms with E-state index in [1.807, 2.05) is 0 Å². The fourth-order valence-corrected chi connectivity index (χ4v) is 4.13. The predicted octanol–water partition coefficient (Wildman–Crippen LogP) is -0.0497. The molecule has 0 amide bonds. The van der Waals surface area contributed by atoms with Crippen LogP contribution in [0.15, 0.2) is 0 Å². The summed E-state index contributed by atoms with van der Waals surface area (Å²) in [6.45, 7) is 2.12. The molecular formula is C10H19NO4S. The lowest BCUT2D eigenvalue weighted by Crippen LogP contribution is -2.53. The number of sulfonamides is 1. The van der Waals surface area contributed by atoms with Crippen LogP contribution in [0.2, 0.25) is 0 Å². The van der Waals surface area contributed by atoms with E-state index in [4.69, 9.17) is 9.84 Å². The lowest BCUT2D eigenvalue weighted by Gasteiger charge is -2.37. The molecule has 6 heteroatoms. The first kappa shape index (κ1) is 12.3. The molecule has 5 nitrogen and oxygen atoms in total. The van der Waals surface area contributed by atoms with Crippen molar-refractivity contribution < 1.29 is 18.3 Å². The number of rotatable bonds is 3. The van der Waals surface area contributed by atoms with E-state index in [0.717, 1.165) is 19.3 Å². The van der Waals surface area contributed by atoms with Crippen LogP contribution in [0.4, 0.5) is 0 Å². The van der Waals surface area contributed by atoms with Crippen LogP contribution >= 0.6 is 0 Å².